The zero-order valence-electron chi connectivity index (χ0n) is 13.2. The molecule has 114 valence electrons. The molecule has 0 radical (unpaired) electrons. The molecule has 0 aromatic heterocycles. The third-order valence-electron chi connectivity index (χ3n) is 4.38. The molecule has 1 saturated carbocycles. The largest absolute Gasteiger partial charge is 0.497 e. The minimum atomic E-state index is 0.582. The number of methoxy groups -OCH3 is 1. The van der Waals surface area contributed by atoms with Crippen LogP contribution < -0.4 is 4.74 Å². The van der Waals surface area contributed by atoms with Gasteiger partial charge in [-0.25, -0.2) is 0 Å². The molecule has 0 bridgehead atoms. The van der Waals surface area contributed by atoms with Crippen LogP contribution in [0.3, 0.4) is 0 Å². The molecule has 0 N–H and O–H groups in total. The maximum absolute atomic E-state index is 5.23. The Kier molecular flexibility index (Phi) is 4.89. The highest BCUT2D eigenvalue weighted by Gasteiger charge is 2.20. The van der Waals surface area contributed by atoms with Crippen molar-refractivity contribution in [3.8, 4) is 5.75 Å². The summed E-state index contributed by atoms with van der Waals surface area (Å²) in [5.41, 5.74) is 3.50. The summed E-state index contributed by atoms with van der Waals surface area (Å²) in [5.74, 6) is 1.45. The average molecular weight is 293 g/mol. The lowest BCUT2D eigenvalue weighted by Gasteiger charge is -2.23. The first-order valence-corrected chi connectivity index (χ1v) is 8.15. The highest BCUT2D eigenvalue weighted by atomic mass is 16.5. The van der Waals surface area contributed by atoms with Crippen LogP contribution in [0, 0.1) is 5.92 Å². The normalized spacial score (nSPS) is 16.5. The summed E-state index contributed by atoms with van der Waals surface area (Å²) in [6.07, 6.45) is 6.51. The number of rotatable bonds is 4. The maximum atomic E-state index is 5.23. The topological polar surface area (TPSA) is 21.6 Å². The third kappa shape index (κ3) is 3.56. The van der Waals surface area contributed by atoms with E-state index in [1.807, 2.05) is 24.3 Å². The molecule has 3 rings (SSSR count). The van der Waals surface area contributed by atoms with Crippen molar-refractivity contribution >= 4 is 11.4 Å². The average Bonchev–Trinajstić information content (AvgIpc) is 2.62. The molecule has 1 aliphatic carbocycles. The first-order chi connectivity index (χ1) is 10.9. The second kappa shape index (κ2) is 7.26. The van der Waals surface area contributed by atoms with E-state index in [1.165, 1.54) is 43.4 Å². The molecule has 1 fully saturated rings. The van der Waals surface area contributed by atoms with Crippen molar-refractivity contribution in [2.45, 2.75) is 32.1 Å². The Morgan fingerprint density at radius 1 is 0.909 bits per heavy atom. The van der Waals surface area contributed by atoms with Crippen LogP contribution in [0.1, 0.15) is 37.7 Å². The Bertz CT molecular complexity index is 610. The molecule has 0 spiro atoms. The van der Waals surface area contributed by atoms with E-state index in [0.29, 0.717) is 5.92 Å². The van der Waals surface area contributed by atoms with Crippen LogP contribution in [0.2, 0.25) is 0 Å². The van der Waals surface area contributed by atoms with Gasteiger partial charge in [-0.3, -0.25) is 4.99 Å². The molecule has 2 aromatic rings. The first-order valence-electron chi connectivity index (χ1n) is 8.15. The second-order valence-corrected chi connectivity index (χ2v) is 5.90. The van der Waals surface area contributed by atoms with Gasteiger partial charge in [-0.05, 0) is 42.7 Å². The summed E-state index contributed by atoms with van der Waals surface area (Å²) in [5, 5.41) is 0. The molecule has 2 heteroatoms. The summed E-state index contributed by atoms with van der Waals surface area (Å²) in [7, 11) is 1.69. The molecule has 0 aliphatic heterocycles. The van der Waals surface area contributed by atoms with Gasteiger partial charge in [-0.1, -0.05) is 49.6 Å². The third-order valence-corrected chi connectivity index (χ3v) is 4.38. The first kappa shape index (κ1) is 14.8. The minimum absolute atomic E-state index is 0.582. The van der Waals surface area contributed by atoms with Gasteiger partial charge >= 0.3 is 0 Å². The molecule has 2 aromatic carbocycles. The summed E-state index contributed by atoms with van der Waals surface area (Å²) in [6, 6.07) is 18.6. The van der Waals surface area contributed by atoms with E-state index >= 15 is 0 Å². The lowest BCUT2D eigenvalue weighted by molar-refractivity contribution is 0.415. The Hall–Kier alpha value is -2.09. The van der Waals surface area contributed by atoms with Gasteiger partial charge in [0.1, 0.15) is 5.75 Å². The Morgan fingerprint density at radius 2 is 1.59 bits per heavy atom. The molecule has 0 saturated heterocycles. The van der Waals surface area contributed by atoms with Crippen LogP contribution in [0.15, 0.2) is 59.6 Å². The van der Waals surface area contributed by atoms with E-state index in [9.17, 15) is 0 Å². The monoisotopic (exact) mass is 293 g/mol. The van der Waals surface area contributed by atoms with Crippen LogP contribution in [0.4, 0.5) is 5.69 Å². The molecular formula is C20H23NO. The van der Waals surface area contributed by atoms with Crippen molar-refractivity contribution in [1.29, 1.82) is 0 Å². The van der Waals surface area contributed by atoms with Crippen molar-refractivity contribution in [1.82, 2.24) is 0 Å². The number of ether oxygens (including phenoxy) is 1. The van der Waals surface area contributed by atoms with E-state index < -0.39 is 0 Å². The van der Waals surface area contributed by atoms with Gasteiger partial charge in [0, 0.05) is 5.92 Å². The second-order valence-electron chi connectivity index (χ2n) is 5.90. The summed E-state index contributed by atoms with van der Waals surface area (Å²) in [4.78, 5) is 4.99. The number of nitrogens with zero attached hydrogens (tertiary/aromatic N) is 1. The van der Waals surface area contributed by atoms with E-state index in [1.54, 1.807) is 7.11 Å². The Labute approximate surface area is 132 Å². The molecule has 22 heavy (non-hydrogen) atoms. The van der Waals surface area contributed by atoms with Gasteiger partial charge in [0.05, 0.1) is 18.5 Å². The fraction of sp³-hybridized carbons (Fsp3) is 0.350. The van der Waals surface area contributed by atoms with Crippen LogP contribution >= 0.6 is 0 Å². The van der Waals surface area contributed by atoms with Gasteiger partial charge in [0.15, 0.2) is 0 Å². The smallest absolute Gasteiger partial charge is 0.119 e. The minimum Gasteiger partial charge on any atom is -0.497 e. The summed E-state index contributed by atoms with van der Waals surface area (Å²) >= 11 is 0. The zero-order valence-corrected chi connectivity index (χ0v) is 13.2. The predicted molar refractivity (Wildman–Crippen MR) is 92.2 cm³/mol. The van der Waals surface area contributed by atoms with E-state index in [-0.39, 0.29) is 0 Å². The lowest BCUT2D eigenvalue weighted by atomic mass is 9.83. The van der Waals surface area contributed by atoms with Crippen LogP contribution in [-0.2, 0) is 0 Å². The van der Waals surface area contributed by atoms with E-state index in [4.69, 9.17) is 9.73 Å². The van der Waals surface area contributed by atoms with Crippen LogP contribution in [0.5, 0.6) is 5.75 Å². The summed E-state index contributed by atoms with van der Waals surface area (Å²) < 4.78 is 5.23. The lowest BCUT2D eigenvalue weighted by Crippen LogP contribution is -2.18. The summed E-state index contributed by atoms with van der Waals surface area (Å²) in [6.45, 7) is 0. The fourth-order valence-electron chi connectivity index (χ4n) is 3.17. The zero-order chi connectivity index (χ0) is 15.2. The number of hydrogen-bond acceptors (Lipinski definition) is 2. The van der Waals surface area contributed by atoms with Crippen molar-refractivity contribution in [2.75, 3.05) is 7.11 Å². The van der Waals surface area contributed by atoms with Gasteiger partial charge < -0.3 is 4.74 Å². The standard InChI is InChI=1S/C20H23NO/c1-22-19-14-12-18(13-15-19)21-20(16-8-4-2-5-9-16)17-10-6-3-7-11-17/h2,4-5,8-9,12-15,17H,3,6-7,10-11H2,1H3. The van der Waals surface area contributed by atoms with Crippen molar-refractivity contribution in [3.63, 3.8) is 0 Å². The van der Waals surface area contributed by atoms with Gasteiger partial charge in [0.2, 0.25) is 0 Å². The molecule has 0 atom stereocenters. The van der Waals surface area contributed by atoms with Crippen molar-refractivity contribution in [3.05, 3.63) is 60.2 Å². The SMILES string of the molecule is COc1ccc(N=C(c2ccccc2)C2CCCCC2)cc1. The van der Waals surface area contributed by atoms with Crippen LogP contribution in [0.25, 0.3) is 0 Å². The highest BCUT2D eigenvalue weighted by molar-refractivity contribution is 6.03. The molecule has 0 unspecified atom stereocenters. The van der Waals surface area contributed by atoms with E-state index in [2.05, 4.69) is 30.3 Å². The quantitative estimate of drug-likeness (QED) is 0.692. The molecule has 0 amide bonds. The highest BCUT2D eigenvalue weighted by Crippen LogP contribution is 2.29. The molecular weight excluding hydrogens is 270 g/mol. The number of hydrogen-bond donors (Lipinski definition) is 0. The fourth-order valence-corrected chi connectivity index (χ4v) is 3.17. The maximum Gasteiger partial charge on any atom is 0.119 e. The molecule has 0 heterocycles. The van der Waals surface area contributed by atoms with Crippen LogP contribution in [-0.4, -0.2) is 12.8 Å². The number of aliphatic imine (C=N–C) groups is 1. The predicted octanol–water partition coefficient (Wildman–Crippen LogP) is 5.40. The van der Waals surface area contributed by atoms with Crippen molar-refractivity contribution in [2.24, 2.45) is 10.9 Å². The van der Waals surface area contributed by atoms with Gasteiger partial charge in [-0.2, -0.15) is 0 Å². The molecule has 1 aliphatic rings. The molecule has 2 nitrogen and oxygen atoms in total. The number of benzene rings is 2. The van der Waals surface area contributed by atoms with Gasteiger partial charge in [-0.15, -0.1) is 0 Å². The van der Waals surface area contributed by atoms with E-state index in [0.717, 1.165) is 11.4 Å². The van der Waals surface area contributed by atoms with Crippen molar-refractivity contribution < 1.29 is 4.74 Å². The Morgan fingerprint density at radius 3 is 2.23 bits per heavy atom. The Balaban J connectivity index is 1.94. The van der Waals surface area contributed by atoms with Gasteiger partial charge in [0.25, 0.3) is 0 Å².